The zero-order valence-corrected chi connectivity index (χ0v) is 6.88. The first-order valence-corrected chi connectivity index (χ1v) is 4.14. The summed E-state index contributed by atoms with van der Waals surface area (Å²) in [5.41, 5.74) is 0. The largest absolute Gasteiger partial charge is 0.0876 e. The van der Waals surface area contributed by atoms with Crippen molar-refractivity contribution in [1.29, 1.82) is 0 Å². The molecule has 0 unspecified atom stereocenters. The molecule has 0 spiro atoms. The van der Waals surface area contributed by atoms with E-state index in [1.54, 1.807) is 0 Å². The van der Waals surface area contributed by atoms with Crippen LogP contribution in [0.2, 0.25) is 0 Å². The molecule has 0 saturated carbocycles. The van der Waals surface area contributed by atoms with E-state index >= 15 is 0 Å². The van der Waals surface area contributed by atoms with Crippen molar-refractivity contribution in [1.82, 2.24) is 0 Å². The predicted octanol–water partition coefficient (Wildman–Crippen LogP) is 3.16. The zero-order valence-electron chi connectivity index (χ0n) is 6.88. The molecule has 0 nitrogen and oxygen atoms in total. The quantitative estimate of drug-likeness (QED) is 0.486. The SMILES string of the molecule is CC(C)C1C=CCCC=C1. The third-order valence-corrected chi connectivity index (χ3v) is 1.99. The summed E-state index contributed by atoms with van der Waals surface area (Å²) in [4.78, 5) is 0. The first-order chi connectivity index (χ1) is 4.80. The van der Waals surface area contributed by atoms with Gasteiger partial charge in [0.2, 0.25) is 0 Å². The van der Waals surface area contributed by atoms with Gasteiger partial charge in [0, 0.05) is 0 Å². The molecule has 0 N–H and O–H groups in total. The zero-order chi connectivity index (χ0) is 7.40. The van der Waals surface area contributed by atoms with Crippen molar-refractivity contribution < 1.29 is 0 Å². The van der Waals surface area contributed by atoms with Crippen LogP contribution in [0.1, 0.15) is 26.7 Å². The van der Waals surface area contributed by atoms with Crippen molar-refractivity contribution >= 4 is 0 Å². The standard InChI is InChI=1S/C10H16/c1-9(2)10-7-5-3-4-6-8-10/h5-10H,3-4H2,1-2H3. The maximum absolute atomic E-state index is 2.33. The van der Waals surface area contributed by atoms with Gasteiger partial charge in [0.05, 0.1) is 0 Å². The highest BCUT2D eigenvalue weighted by molar-refractivity contribution is 5.05. The Kier molecular flexibility index (Phi) is 2.73. The minimum atomic E-state index is 0.683. The highest BCUT2D eigenvalue weighted by Crippen LogP contribution is 2.17. The monoisotopic (exact) mass is 136 g/mol. The van der Waals surface area contributed by atoms with Crippen LogP contribution in [0.5, 0.6) is 0 Å². The van der Waals surface area contributed by atoms with E-state index in [1.165, 1.54) is 12.8 Å². The molecule has 0 saturated heterocycles. The molecule has 10 heavy (non-hydrogen) atoms. The molecule has 0 radical (unpaired) electrons. The third-order valence-electron chi connectivity index (χ3n) is 1.99. The summed E-state index contributed by atoms with van der Waals surface area (Å²) in [7, 11) is 0. The molecule has 0 amide bonds. The van der Waals surface area contributed by atoms with Crippen LogP contribution in [0, 0.1) is 11.8 Å². The van der Waals surface area contributed by atoms with Gasteiger partial charge in [0.25, 0.3) is 0 Å². The fourth-order valence-corrected chi connectivity index (χ4v) is 1.21. The predicted molar refractivity (Wildman–Crippen MR) is 45.8 cm³/mol. The van der Waals surface area contributed by atoms with Crippen LogP contribution < -0.4 is 0 Å². The van der Waals surface area contributed by atoms with E-state index in [-0.39, 0.29) is 0 Å². The fourth-order valence-electron chi connectivity index (χ4n) is 1.21. The van der Waals surface area contributed by atoms with Crippen LogP contribution in [-0.4, -0.2) is 0 Å². The van der Waals surface area contributed by atoms with E-state index in [0.29, 0.717) is 5.92 Å². The van der Waals surface area contributed by atoms with Gasteiger partial charge in [0.1, 0.15) is 0 Å². The van der Waals surface area contributed by atoms with E-state index in [2.05, 4.69) is 38.2 Å². The van der Waals surface area contributed by atoms with Gasteiger partial charge in [-0.1, -0.05) is 38.2 Å². The summed E-state index contributed by atoms with van der Waals surface area (Å²) in [6.45, 7) is 4.54. The highest BCUT2D eigenvalue weighted by atomic mass is 14.1. The lowest BCUT2D eigenvalue weighted by molar-refractivity contribution is 0.550. The van der Waals surface area contributed by atoms with Gasteiger partial charge in [-0.25, -0.2) is 0 Å². The normalized spacial score (nSPS) is 19.9. The molecule has 0 aromatic heterocycles. The molecule has 0 atom stereocenters. The Labute approximate surface area is 63.6 Å². The fraction of sp³-hybridized carbons (Fsp3) is 0.600. The summed E-state index contributed by atoms with van der Waals surface area (Å²) < 4.78 is 0. The Hall–Kier alpha value is -0.520. The van der Waals surface area contributed by atoms with Crippen LogP contribution in [0.4, 0.5) is 0 Å². The van der Waals surface area contributed by atoms with Gasteiger partial charge >= 0.3 is 0 Å². The van der Waals surface area contributed by atoms with E-state index in [4.69, 9.17) is 0 Å². The van der Waals surface area contributed by atoms with E-state index < -0.39 is 0 Å². The summed E-state index contributed by atoms with van der Waals surface area (Å²) in [6, 6.07) is 0. The average molecular weight is 136 g/mol. The van der Waals surface area contributed by atoms with Crippen molar-refractivity contribution in [2.45, 2.75) is 26.7 Å². The van der Waals surface area contributed by atoms with Gasteiger partial charge in [-0.3, -0.25) is 0 Å². The van der Waals surface area contributed by atoms with Crippen molar-refractivity contribution in [3.63, 3.8) is 0 Å². The lowest BCUT2D eigenvalue weighted by Crippen LogP contribution is -2.00. The molecular formula is C10H16. The third kappa shape index (κ3) is 2.02. The topological polar surface area (TPSA) is 0 Å². The molecule has 0 aromatic rings. The second-order valence-corrected chi connectivity index (χ2v) is 3.26. The van der Waals surface area contributed by atoms with E-state index in [9.17, 15) is 0 Å². The molecule has 0 aliphatic heterocycles. The number of hydrogen-bond acceptors (Lipinski definition) is 0. The molecule has 1 aliphatic rings. The van der Waals surface area contributed by atoms with Crippen LogP contribution >= 0.6 is 0 Å². The maximum Gasteiger partial charge on any atom is -0.00305 e. The molecule has 0 fully saturated rings. The van der Waals surface area contributed by atoms with Crippen LogP contribution in [0.3, 0.4) is 0 Å². The molecule has 0 bridgehead atoms. The van der Waals surface area contributed by atoms with Crippen LogP contribution in [0.15, 0.2) is 24.3 Å². The molecule has 0 aromatic carbocycles. The summed E-state index contributed by atoms with van der Waals surface area (Å²) in [5.74, 6) is 1.44. The van der Waals surface area contributed by atoms with Crippen molar-refractivity contribution in [3.8, 4) is 0 Å². The van der Waals surface area contributed by atoms with Gasteiger partial charge in [-0.05, 0) is 24.7 Å². The Morgan fingerprint density at radius 1 is 1.10 bits per heavy atom. The molecular weight excluding hydrogens is 120 g/mol. The second kappa shape index (κ2) is 3.60. The van der Waals surface area contributed by atoms with E-state index in [0.717, 1.165) is 5.92 Å². The lowest BCUT2D eigenvalue weighted by Gasteiger charge is -2.10. The maximum atomic E-state index is 2.33. The van der Waals surface area contributed by atoms with Crippen LogP contribution in [-0.2, 0) is 0 Å². The van der Waals surface area contributed by atoms with Crippen LogP contribution in [0.25, 0.3) is 0 Å². The molecule has 0 heterocycles. The van der Waals surface area contributed by atoms with Crippen molar-refractivity contribution in [2.75, 3.05) is 0 Å². The molecule has 1 aliphatic carbocycles. The first kappa shape index (κ1) is 7.59. The number of hydrogen-bond donors (Lipinski definition) is 0. The smallest absolute Gasteiger partial charge is 0.00305 e. The van der Waals surface area contributed by atoms with Gasteiger partial charge in [-0.15, -0.1) is 0 Å². The molecule has 1 rings (SSSR count). The van der Waals surface area contributed by atoms with Gasteiger partial charge < -0.3 is 0 Å². The second-order valence-electron chi connectivity index (χ2n) is 3.26. The minimum Gasteiger partial charge on any atom is -0.0876 e. The Bertz CT molecular complexity index is 126. The minimum absolute atomic E-state index is 0.683. The first-order valence-electron chi connectivity index (χ1n) is 4.14. The Morgan fingerprint density at radius 3 is 2.00 bits per heavy atom. The summed E-state index contributed by atoms with van der Waals surface area (Å²) in [6.07, 6.45) is 11.7. The highest BCUT2D eigenvalue weighted by Gasteiger charge is 2.05. The van der Waals surface area contributed by atoms with Gasteiger partial charge in [0.15, 0.2) is 0 Å². The molecule has 0 heteroatoms. The summed E-state index contributed by atoms with van der Waals surface area (Å²) >= 11 is 0. The Balaban J connectivity index is 2.56. The average Bonchev–Trinajstić information content (AvgIpc) is 2.12. The number of rotatable bonds is 1. The van der Waals surface area contributed by atoms with Crippen molar-refractivity contribution in [2.24, 2.45) is 11.8 Å². The summed E-state index contributed by atoms with van der Waals surface area (Å²) in [5, 5.41) is 0. The van der Waals surface area contributed by atoms with E-state index in [1.807, 2.05) is 0 Å². The van der Waals surface area contributed by atoms with Gasteiger partial charge in [-0.2, -0.15) is 0 Å². The lowest BCUT2D eigenvalue weighted by atomic mass is 9.96. The van der Waals surface area contributed by atoms with Crippen molar-refractivity contribution in [3.05, 3.63) is 24.3 Å². The Morgan fingerprint density at radius 2 is 1.60 bits per heavy atom. The number of allylic oxidation sites excluding steroid dienone is 4. The molecule has 56 valence electrons.